The van der Waals surface area contributed by atoms with Gasteiger partial charge in [-0.15, -0.1) is 11.8 Å². The van der Waals surface area contributed by atoms with E-state index in [1.165, 1.54) is 4.90 Å². The topological polar surface area (TPSA) is 63.8 Å². The van der Waals surface area contributed by atoms with E-state index in [-0.39, 0.29) is 5.41 Å². The second-order valence-corrected chi connectivity index (χ2v) is 6.60. The van der Waals surface area contributed by atoms with Gasteiger partial charge in [-0.2, -0.15) is 0 Å². The van der Waals surface area contributed by atoms with Gasteiger partial charge >= 0.3 is 0 Å². The van der Waals surface area contributed by atoms with Crippen LogP contribution in [0, 0.1) is 0 Å². The Balaban J connectivity index is 2.19. The van der Waals surface area contributed by atoms with Crippen molar-refractivity contribution in [1.82, 2.24) is 9.97 Å². The molecule has 20 heavy (non-hydrogen) atoms. The van der Waals surface area contributed by atoms with E-state index < -0.39 is 0 Å². The number of nitrogens with zero attached hydrogens (tertiary/aromatic N) is 2. The van der Waals surface area contributed by atoms with Crippen LogP contribution < -0.4 is 11.3 Å². The van der Waals surface area contributed by atoms with Gasteiger partial charge in [0.2, 0.25) is 0 Å². The lowest BCUT2D eigenvalue weighted by Crippen LogP contribution is -2.18. The van der Waals surface area contributed by atoms with E-state index in [1.54, 1.807) is 11.8 Å². The maximum absolute atomic E-state index is 5.49. The summed E-state index contributed by atoms with van der Waals surface area (Å²) in [6.07, 6.45) is 0. The van der Waals surface area contributed by atoms with Gasteiger partial charge in [0.25, 0.3) is 0 Å². The molecule has 0 fully saturated rings. The van der Waals surface area contributed by atoms with Crippen LogP contribution in [0.2, 0.25) is 0 Å². The fourth-order valence-electron chi connectivity index (χ4n) is 1.68. The molecule has 2 aromatic rings. The van der Waals surface area contributed by atoms with Gasteiger partial charge in [-0.05, 0) is 12.1 Å². The monoisotopic (exact) mass is 288 g/mol. The average Bonchev–Trinajstić information content (AvgIpc) is 2.45. The van der Waals surface area contributed by atoms with Crippen molar-refractivity contribution in [1.29, 1.82) is 0 Å². The summed E-state index contributed by atoms with van der Waals surface area (Å²) in [7, 11) is 0. The van der Waals surface area contributed by atoms with Crippen LogP contribution in [-0.2, 0) is 11.2 Å². The van der Waals surface area contributed by atoms with E-state index in [9.17, 15) is 0 Å². The van der Waals surface area contributed by atoms with Gasteiger partial charge in [0, 0.05) is 16.4 Å². The van der Waals surface area contributed by atoms with Gasteiger partial charge < -0.3 is 5.43 Å². The van der Waals surface area contributed by atoms with E-state index in [0.717, 1.165) is 17.3 Å². The third-order valence-electron chi connectivity index (χ3n) is 2.80. The van der Waals surface area contributed by atoms with Crippen LogP contribution in [0.1, 0.15) is 32.3 Å². The summed E-state index contributed by atoms with van der Waals surface area (Å²) in [5, 5.41) is 0. The smallest absolute Gasteiger partial charge is 0.143 e. The molecule has 0 radical (unpaired) electrons. The molecule has 0 atom stereocenters. The molecule has 5 heteroatoms. The highest BCUT2D eigenvalue weighted by Gasteiger charge is 2.17. The van der Waals surface area contributed by atoms with E-state index in [4.69, 9.17) is 5.84 Å². The number of hydrazine groups is 1. The van der Waals surface area contributed by atoms with Crippen molar-refractivity contribution in [3.63, 3.8) is 0 Å². The van der Waals surface area contributed by atoms with Crippen molar-refractivity contribution in [2.45, 2.75) is 36.8 Å². The molecule has 1 aromatic heterocycles. The number of nitrogen functional groups attached to an aromatic ring is 1. The number of nitrogens with two attached hydrogens (primary N) is 1. The Morgan fingerprint density at radius 3 is 2.45 bits per heavy atom. The first-order valence-electron chi connectivity index (χ1n) is 6.52. The summed E-state index contributed by atoms with van der Waals surface area (Å²) in [5.41, 5.74) is 3.58. The van der Waals surface area contributed by atoms with E-state index in [2.05, 4.69) is 48.3 Å². The summed E-state index contributed by atoms with van der Waals surface area (Å²) in [6.45, 7) is 6.39. The first kappa shape index (κ1) is 14.8. The molecule has 0 aliphatic rings. The van der Waals surface area contributed by atoms with Crippen molar-refractivity contribution in [2.24, 2.45) is 5.84 Å². The molecule has 0 amide bonds. The third-order valence-corrected chi connectivity index (χ3v) is 3.81. The third kappa shape index (κ3) is 3.95. The molecule has 0 aliphatic heterocycles. The molecule has 0 aliphatic carbocycles. The fourth-order valence-corrected chi connectivity index (χ4v) is 2.46. The Hall–Kier alpha value is -1.59. The highest BCUT2D eigenvalue weighted by atomic mass is 32.2. The van der Waals surface area contributed by atoms with Crippen LogP contribution >= 0.6 is 11.8 Å². The van der Waals surface area contributed by atoms with Crippen molar-refractivity contribution in [3.05, 3.63) is 47.9 Å². The Labute approximate surface area is 124 Å². The predicted molar refractivity (Wildman–Crippen MR) is 84.5 cm³/mol. The van der Waals surface area contributed by atoms with Crippen molar-refractivity contribution in [3.8, 4) is 0 Å². The molecule has 1 aromatic carbocycles. The highest BCUT2D eigenvalue weighted by molar-refractivity contribution is 7.98. The van der Waals surface area contributed by atoms with Crippen molar-refractivity contribution < 1.29 is 0 Å². The zero-order valence-corrected chi connectivity index (χ0v) is 12.9. The van der Waals surface area contributed by atoms with Crippen molar-refractivity contribution >= 4 is 17.6 Å². The number of aromatic nitrogens is 2. The minimum absolute atomic E-state index is 0.0271. The van der Waals surface area contributed by atoms with Crippen LogP contribution in [0.5, 0.6) is 0 Å². The SMILES string of the molecule is CC(C)(C)c1cc(NN)nc(CSc2ccccc2)n1. The van der Waals surface area contributed by atoms with Gasteiger partial charge in [0.05, 0.1) is 11.4 Å². The normalized spacial score (nSPS) is 11.4. The number of benzene rings is 1. The van der Waals surface area contributed by atoms with E-state index >= 15 is 0 Å². The number of anilines is 1. The zero-order valence-electron chi connectivity index (χ0n) is 12.1. The zero-order chi connectivity index (χ0) is 14.6. The average molecular weight is 288 g/mol. The lowest BCUT2D eigenvalue weighted by Gasteiger charge is -2.19. The molecule has 106 valence electrons. The summed E-state index contributed by atoms with van der Waals surface area (Å²) in [6, 6.07) is 12.1. The summed E-state index contributed by atoms with van der Waals surface area (Å²) < 4.78 is 0. The van der Waals surface area contributed by atoms with Gasteiger partial charge in [0.15, 0.2) is 0 Å². The largest absolute Gasteiger partial charge is 0.308 e. The minimum Gasteiger partial charge on any atom is -0.308 e. The standard InChI is InChI=1S/C15H20N4S/c1-15(2,3)12-9-13(19-16)18-14(17-12)10-20-11-7-5-4-6-8-11/h4-9H,10,16H2,1-3H3,(H,17,18,19). The number of nitrogens with one attached hydrogen (secondary N) is 1. The Morgan fingerprint density at radius 1 is 1.15 bits per heavy atom. The quantitative estimate of drug-likeness (QED) is 0.513. The Kier molecular flexibility index (Phi) is 4.62. The molecular weight excluding hydrogens is 268 g/mol. The van der Waals surface area contributed by atoms with Crippen LogP contribution in [0.25, 0.3) is 0 Å². The fraction of sp³-hybridized carbons (Fsp3) is 0.333. The Morgan fingerprint density at radius 2 is 1.85 bits per heavy atom. The first-order chi connectivity index (χ1) is 9.49. The van der Waals surface area contributed by atoms with Crippen LogP contribution in [-0.4, -0.2) is 9.97 Å². The van der Waals surface area contributed by atoms with Gasteiger partial charge in [0.1, 0.15) is 11.6 Å². The molecule has 0 spiro atoms. The number of hydrogen-bond acceptors (Lipinski definition) is 5. The lowest BCUT2D eigenvalue weighted by molar-refractivity contribution is 0.564. The number of hydrogen-bond donors (Lipinski definition) is 2. The maximum Gasteiger partial charge on any atom is 0.143 e. The minimum atomic E-state index is -0.0271. The van der Waals surface area contributed by atoms with Gasteiger partial charge in [-0.1, -0.05) is 39.0 Å². The molecule has 1 heterocycles. The molecule has 3 N–H and O–H groups in total. The van der Waals surface area contributed by atoms with Crippen LogP contribution in [0.15, 0.2) is 41.3 Å². The van der Waals surface area contributed by atoms with Crippen molar-refractivity contribution in [2.75, 3.05) is 5.43 Å². The van der Waals surface area contributed by atoms with Gasteiger partial charge in [-0.25, -0.2) is 15.8 Å². The van der Waals surface area contributed by atoms with E-state index in [0.29, 0.717) is 5.82 Å². The number of thioether (sulfide) groups is 1. The predicted octanol–water partition coefficient (Wildman–Crippen LogP) is 3.35. The maximum atomic E-state index is 5.49. The van der Waals surface area contributed by atoms with Crippen LogP contribution in [0.4, 0.5) is 5.82 Å². The van der Waals surface area contributed by atoms with Gasteiger partial charge in [-0.3, -0.25) is 0 Å². The number of rotatable bonds is 4. The molecule has 0 unspecified atom stereocenters. The Bertz CT molecular complexity index is 564. The highest BCUT2D eigenvalue weighted by Crippen LogP contribution is 2.25. The molecule has 2 rings (SSSR count). The molecule has 0 saturated carbocycles. The molecule has 0 saturated heterocycles. The second-order valence-electron chi connectivity index (χ2n) is 5.55. The lowest BCUT2D eigenvalue weighted by atomic mass is 9.92. The van der Waals surface area contributed by atoms with Crippen LogP contribution in [0.3, 0.4) is 0 Å². The van der Waals surface area contributed by atoms with E-state index in [1.807, 2.05) is 24.3 Å². The summed E-state index contributed by atoms with van der Waals surface area (Å²) >= 11 is 1.72. The summed E-state index contributed by atoms with van der Waals surface area (Å²) in [5.74, 6) is 7.67. The molecular formula is C15H20N4S. The second kappa shape index (κ2) is 6.24. The summed E-state index contributed by atoms with van der Waals surface area (Å²) in [4.78, 5) is 10.3. The molecule has 4 nitrogen and oxygen atoms in total. The molecule has 0 bridgehead atoms. The first-order valence-corrected chi connectivity index (χ1v) is 7.50.